The first-order valence-corrected chi connectivity index (χ1v) is 10.6. The molecule has 2 heterocycles. The van der Waals surface area contributed by atoms with Crippen LogP contribution in [0.1, 0.15) is 28.8 Å². The number of carbonyl (C=O) groups is 1. The molecule has 0 spiro atoms. The summed E-state index contributed by atoms with van der Waals surface area (Å²) in [5.41, 5.74) is 2.65. The molecule has 7 heteroatoms. The first-order chi connectivity index (χ1) is 15.5. The van der Waals surface area contributed by atoms with E-state index in [-0.39, 0.29) is 29.3 Å². The molecule has 0 radical (unpaired) electrons. The quantitative estimate of drug-likeness (QED) is 0.620. The van der Waals surface area contributed by atoms with E-state index in [2.05, 4.69) is 15.2 Å². The lowest BCUT2D eigenvalue weighted by Gasteiger charge is -2.32. The molecular formula is C25H25F2N3O2. The zero-order valence-electron chi connectivity index (χ0n) is 17.9. The van der Waals surface area contributed by atoms with Crippen LogP contribution in [0.2, 0.25) is 0 Å². The molecule has 0 saturated carbocycles. The van der Waals surface area contributed by atoms with Crippen LogP contribution in [0, 0.1) is 11.6 Å². The Hall–Kier alpha value is -3.32. The summed E-state index contributed by atoms with van der Waals surface area (Å²) in [5.74, 6) is -0.605. The Kier molecular flexibility index (Phi) is 6.75. The molecule has 1 aliphatic rings. The van der Waals surface area contributed by atoms with E-state index < -0.39 is 0 Å². The molecule has 0 atom stereocenters. The van der Waals surface area contributed by atoms with Crippen LogP contribution in [0.15, 0.2) is 60.8 Å². The molecule has 5 nitrogen and oxygen atoms in total. The lowest BCUT2D eigenvalue weighted by molar-refractivity contribution is 0.0908. The van der Waals surface area contributed by atoms with Gasteiger partial charge in [0.05, 0.1) is 18.4 Å². The van der Waals surface area contributed by atoms with Crippen molar-refractivity contribution in [1.82, 2.24) is 15.2 Å². The van der Waals surface area contributed by atoms with Crippen molar-refractivity contribution in [3.8, 4) is 17.0 Å². The molecule has 166 valence electrons. The summed E-state index contributed by atoms with van der Waals surface area (Å²) in [6, 6.07) is 14.7. The number of methoxy groups -OCH3 is 1. The van der Waals surface area contributed by atoms with E-state index in [0.717, 1.165) is 31.5 Å². The number of likely N-dealkylation sites (tertiary alicyclic amines) is 1. The zero-order chi connectivity index (χ0) is 22.5. The number of hydrogen-bond donors (Lipinski definition) is 1. The van der Waals surface area contributed by atoms with Crippen LogP contribution >= 0.6 is 0 Å². The van der Waals surface area contributed by atoms with Crippen LogP contribution in [0.4, 0.5) is 8.78 Å². The number of nitrogens with one attached hydrogen (secondary N) is 1. The van der Waals surface area contributed by atoms with Gasteiger partial charge in [0.1, 0.15) is 5.82 Å². The highest BCUT2D eigenvalue weighted by molar-refractivity contribution is 5.94. The van der Waals surface area contributed by atoms with E-state index in [1.165, 1.54) is 31.5 Å². The van der Waals surface area contributed by atoms with Crippen LogP contribution < -0.4 is 10.1 Å². The summed E-state index contributed by atoms with van der Waals surface area (Å²) in [5, 5.41) is 3.07. The Labute approximate surface area is 186 Å². The van der Waals surface area contributed by atoms with Crippen molar-refractivity contribution in [3.63, 3.8) is 0 Å². The van der Waals surface area contributed by atoms with Crippen molar-refractivity contribution in [2.24, 2.45) is 0 Å². The summed E-state index contributed by atoms with van der Waals surface area (Å²) >= 11 is 0. The van der Waals surface area contributed by atoms with E-state index >= 15 is 0 Å². The van der Waals surface area contributed by atoms with Gasteiger partial charge in [0.15, 0.2) is 11.6 Å². The highest BCUT2D eigenvalue weighted by Crippen LogP contribution is 2.21. The molecule has 0 bridgehead atoms. The van der Waals surface area contributed by atoms with Gasteiger partial charge in [-0.2, -0.15) is 0 Å². The van der Waals surface area contributed by atoms with E-state index in [4.69, 9.17) is 4.74 Å². The summed E-state index contributed by atoms with van der Waals surface area (Å²) in [6.45, 7) is 2.29. The minimum atomic E-state index is -0.357. The Morgan fingerprint density at radius 2 is 1.94 bits per heavy atom. The maximum absolute atomic E-state index is 13.9. The van der Waals surface area contributed by atoms with Crippen molar-refractivity contribution in [1.29, 1.82) is 0 Å². The predicted molar refractivity (Wildman–Crippen MR) is 118 cm³/mol. The van der Waals surface area contributed by atoms with Gasteiger partial charge in [0, 0.05) is 37.4 Å². The van der Waals surface area contributed by atoms with Gasteiger partial charge in [-0.1, -0.05) is 18.2 Å². The summed E-state index contributed by atoms with van der Waals surface area (Å²) in [6.07, 6.45) is 3.15. The zero-order valence-corrected chi connectivity index (χ0v) is 17.9. The predicted octanol–water partition coefficient (Wildman–Crippen LogP) is 4.43. The highest BCUT2D eigenvalue weighted by atomic mass is 19.1. The monoisotopic (exact) mass is 437 g/mol. The fraction of sp³-hybridized carbons (Fsp3) is 0.280. The standard InChI is InChI=1S/C25H25F2N3O2/c1-32-24-8-5-17(13-22(24)27)16-30-11-9-21(10-12-30)29-25(31)19-6-7-23(28-15-19)18-3-2-4-20(26)14-18/h2-8,13-15,21H,9-12,16H2,1H3,(H,29,31). The molecule has 1 aromatic heterocycles. The maximum Gasteiger partial charge on any atom is 0.253 e. The lowest BCUT2D eigenvalue weighted by Crippen LogP contribution is -2.44. The van der Waals surface area contributed by atoms with Crippen molar-refractivity contribution in [3.05, 3.63) is 83.6 Å². The number of nitrogens with zero attached hydrogens (tertiary/aromatic N) is 2. The molecule has 0 unspecified atom stereocenters. The van der Waals surface area contributed by atoms with Gasteiger partial charge in [0.25, 0.3) is 5.91 Å². The Bertz CT molecular complexity index is 1080. The molecule has 1 N–H and O–H groups in total. The van der Waals surface area contributed by atoms with E-state index in [9.17, 15) is 13.6 Å². The fourth-order valence-corrected chi connectivity index (χ4v) is 3.92. The van der Waals surface area contributed by atoms with Crippen LogP contribution in [0.3, 0.4) is 0 Å². The van der Waals surface area contributed by atoms with Gasteiger partial charge in [0.2, 0.25) is 0 Å². The fourth-order valence-electron chi connectivity index (χ4n) is 3.92. The van der Waals surface area contributed by atoms with Crippen molar-refractivity contribution < 1.29 is 18.3 Å². The topological polar surface area (TPSA) is 54.5 Å². The Balaban J connectivity index is 1.28. The first-order valence-electron chi connectivity index (χ1n) is 10.6. The highest BCUT2D eigenvalue weighted by Gasteiger charge is 2.21. The second kappa shape index (κ2) is 9.87. The van der Waals surface area contributed by atoms with Gasteiger partial charge in [-0.3, -0.25) is 14.7 Å². The molecule has 1 amide bonds. The van der Waals surface area contributed by atoms with Gasteiger partial charge in [-0.15, -0.1) is 0 Å². The van der Waals surface area contributed by atoms with Crippen LogP contribution in [-0.2, 0) is 6.54 Å². The molecule has 1 aliphatic heterocycles. The minimum Gasteiger partial charge on any atom is -0.494 e. The minimum absolute atomic E-state index is 0.0780. The largest absolute Gasteiger partial charge is 0.494 e. The molecule has 0 aliphatic carbocycles. The molecule has 32 heavy (non-hydrogen) atoms. The second-order valence-corrected chi connectivity index (χ2v) is 7.94. The molecule has 1 fully saturated rings. The average molecular weight is 437 g/mol. The summed E-state index contributed by atoms with van der Waals surface area (Å²) < 4.78 is 32.3. The average Bonchev–Trinajstić information content (AvgIpc) is 2.80. The summed E-state index contributed by atoms with van der Waals surface area (Å²) in [7, 11) is 1.45. The first kappa shape index (κ1) is 21.9. The maximum atomic E-state index is 13.9. The number of piperidine rings is 1. The van der Waals surface area contributed by atoms with Crippen LogP contribution in [0.25, 0.3) is 11.3 Å². The molecule has 3 aromatic rings. The Morgan fingerprint density at radius 3 is 2.59 bits per heavy atom. The van der Waals surface area contributed by atoms with E-state index in [1.54, 1.807) is 30.3 Å². The van der Waals surface area contributed by atoms with E-state index in [0.29, 0.717) is 23.4 Å². The SMILES string of the molecule is COc1ccc(CN2CCC(NC(=O)c3ccc(-c4cccc(F)c4)nc3)CC2)cc1F. The third kappa shape index (κ3) is 5.29. The van der Waals surface area contributed by atoms with Gasteiger partial charge >= 0.3 is 0 Å². The van der Waals surface area contributed by atoms with Gasteiger partial charge in [-0.25, -0.2) is 8.78 Å². The number of ether oxygens (including phenoxy) is 1. The number of amides is 1. The summed E-state index contributed by atoms with van der Waals surface area (Å²) in [4.78, 5) is 19.2. The molecule has 2 aromatic carbocycles. The van der Waals surface area contributed by atoms with Crippen molar-refractivity contribution >= 4 is 5.91 Å². The molecule has 4 rings (SSSR count). The lowest BCUT2D eigenvalue weighted by atomic mass is 10.0. The number of carbonyl (C=O) groups excluding carboxylic acids is 1. The number of halogens is 2. The van der Waals surface area contributed by atoms with E-state index in [1.807, 2.05) is 6.07 Å². The number of benzene rings is 2. The molecule has 1 saturated heterocycles. The third-order valence-electron chi connectivity index (χ3n) is 5.69. The van der Waals surface area contributed by atoms with Gasteiger partial charge < -0.3 is 10.1 Å². The smallest absolute Gasteiger partial charge is 0.253 e. The Morgan fingerprint density at radius 1 is 1.12 bits per heavy atom. The third-order valence-corrected chi connectivity index (χ3v) is 5.69. The van der Waals surface area contributed by atoms with Crippen LogP contribution in [0.5, 0.6) is 5.75 Å². The van der Waals surface area contributed by atoms with Gasteiger partial charge in [-0.05, 0) is 54.8 Å². The van der Waals surface area contributed by atoms with Crippen molar-refractivity contribution in [2.45, 2.75) is 25.4 Å². The van der Waals surface area contributed by atoms with Crippen molar-refractivity contribution in [2.75, 3.05) is 20.2 Å². The number of hydrogen-bond acceptors (Lipinski definition) is 4. The normalized spacial score (nSPS) is 14.8. The van der Waals surface area contributed by atoms with Crippen LogP contribution in [-0.4, -0.2) is 42.0 Å². The molecular weight excluding hydrogens is 412 g/mol. The number of aromatic nitrogens is 1. The number of pyridine rings is 1. The number of rotatable bonds is 6. The second-order valence-electron chi connectivity index (χ2n) is 7.94.